The van der Waals surface area contributed by atoms with E-state index in [9.17, 15) is 0 Å². The maximum absolute atomic E-state index is 4.18. The summed E-state index contributed by atoms with van der Waals surface area (Å²) < 4.78 is 0. The summed E-state index contributed by atoms with van der Waals surface area (Å²) in [6.07, 6.45) is 4.72. The minimum atomic E-state index is 0.475. The number of rotatable bonds is 5. The Balaban J connectivity index is 1.78. The third kappa shape index (κ3) is 3.18. The highest BCUT2D eigenvalue weighted by atomic mass is 32.1. The molecule has 0 aromatic carbocycles. The average Bonchev–Trinajstić information content (AvgIpc) is 2.87. The van der Waals surface area contributed by atoms with Gasteiger partial charge in [-0.3, -0.25) is 0 Å². The molecule has 2 N–H and O–H groups in total. The normalized spacial score (nSPS) is 12.9. The van der Waals surface area contributed by atoms with Crippen molar-refractivity contribution in [1.82, 2.24) is 15.3 Å². The lowest BCUT2D eigenvalue weighted by Gasteiger charge is -2.11. The third-order valence-electron chi connectivity index (χ3n) is 2.48. The number of thiophene rings is 1. The van der Waals surface area contributed by atoms with Crippen LogP contribution in [0.15, 0.2) is 24.5 Å². The maximum atomic E-state index is 4.18. The zero-order valence-corrected chi connectivity index (χ0v) is 10.5. The highest BCUT2D eigenvalue weighted by Crippen LogP contribution is 2.16. The Morgan fingerprint density at radius 3 is 3.00 bits per heavy atom. The van der Waals surface area contributed by atoms with Crippen molar-refractivity contribution in [3.8, 4) is 0 Å². The van der Waals surface area contributed by atoms with Gasteiger partial charge in [-0.2, -0.15) is 0 Å². The Morgan fingerprint density at radius 1 is 1.50 bits per heavy atom. The van der Waals surface area contributed by atoms with Crippen LogP contribution in [0.1, 0.15) is 22.5 Å². The lowest BCUT2D eigenvalue weighted by Crippen LogP contribution is -2.27. The molecule has 0 aliphatic carbocycles. The van der Waals surface area contributed by atoms with E-state index in [4.69, 9.17) is 0 Å². The van der Waals surface area contributed by atoms with E-state index in [1.165, 1.54) is 9.75 Å². The van der Waals surface area contributed by atoms with Crippen LogP contribution in [0.3, 0.4) is 0 Å². The second kappa shape index (κ2) is 5.27. The molecule has 2 heterocycles. The quantitative estimate of drug-likeness (QED) is 0.836. The first-order valence-electron chi connectivity index (χ1n) is 5.51. The number of aromatic amines is 1. The Kier molecular flexibility index (Phi) is 3.74. The Hall–Kier alpha value is -1.13. The highest BCUT2D eigenvalue weighted by molar-refractivity contribution is 7.11. The molecule has 3 nitrogen and oxygen atoms in total. The van der Waals surface area contributed by atoms with Crippen molar-refractivity contribution in [3.05, 3.63) is 40.1 Å². The smallest absolute Gasteiger partial charge is 0.120 e. The highest BCUT2D eigenvalue weighted by Gasteiger charge is 2.05. The molecule has 2 aromatic heterocycles. The Labute approximate surface area is 99.9 Å². The van der Waals surface area contributed by atoms with Gasteiger partial charge in [0.05, 0.1) is 6.54 Å². The van der Waals surface area contributed by atoms with Crippen molar-refractivity contribution in [2.24, 2.45) is 0 Å². The van der Waals surface area contributed by atoms with E-state index in [0.29, 0.717) is 6.04 Å². The number of imidazole rings is 1. The zero-order chi connectivity index (χ0) is 11.4. The lowest BCUT2D eigenvalue weighted by atomic mass is 10.2. The number of nitrogens with one attached hydrogen (secondary N) is 2. The van der Waals surface area contributed by atoms with Gasteiger partial charge in [0.1, 0.15) is 5.82 Å². The topological polar surface area (TPSA) is 40.7 Å². The van der Waals surface area contributed by atoms with Crippen molar-refractivity contribution in [2.75, 3.05) is 0 Å². The summed E-state index contributed by atoms with van der Waals surface area (Å²) in [7, 11) is 0. The summed E-state index contributed by atoms with van der Waals surface area (Å²) in [4.78, 5) is 10.1. The van der Waals surface area contributed by atoms with Gasteiger partial charge < -0.3 is 10.3 Å². The zero-order valence-electron chi connectivity index (χ0n) is 9.66. The monoisotopic (exact) mass is 235 g/mol. The van der Waals surface area contributed by atoms with Gasteiger partial charge in [0.15, 0.2) is 0 Å². The van der Waals surface area contributed by atoms with Crippen LogP contribution in [0.4, 0.5) is 0 Å². The van der Waals surface area contributed by atoms with Crippen LogP contribution in [-0.2, 0) is 13.0 Å². The molecule has 2 rings (SSSR count). The predicted octanol–water partition coefficient (Wildman–Crippen LogP) is 2.50. The number of hydrogen-bond acceptors (Lipinski definition) is 3. The number of aryl methyl sites for hydroxylation is 1. The molecule has 1 atom stereocenters. The van der Waals surface area contributed by atoms with Crippen LogP contribution in [0.2, 0.25) is 0 Å². The summed E-state index contributed by atoms with van der Waals surface area (Å²) in [5.74, 6) is 0.995. The molecule has 0 aliphatic rings. The number of H-pyrrole nitrogens is 1. The van der Waals surface area contributed by atoms with Gasteiger partial charge in [-0.05, 0) is 32.4 Å². The molecule has 0 radical (unpaired) electrons. The lowest BCUT2D eigenvalue weighted by molar-refractivity contribution is 0.538. The molecule has 0 saturated carbocycles. The Morgan fingerprint density at radius 2 is 2.38 bits per heavy atom. The van der Waals surface area contributed by atoms with Gasteiger partial charge in [0.25, 0.3) is 0 Å². The molecule has 0 saturated heterocycles. The van der Waals surface area contributed by atoms with E-state index in [0.717, 1.165) is 18.8 Å². The first-order chi connectivity index (χ1) is 7.74. The molecule has 0 spiro atoms. The fourth-order valence-electron chi connectivity index (χ4n) is 1.63. The number of aromatic nitrogens is 2. The largest absolute Gasteiger partial charge is 0.348 e. The van der Waals surface area contributed by atoms with E-state index in [1.54, 1.807) is 6.20 Å². The van der Waals surface area contributed by atoms with Crippen LogP contribution >= 0.6 is 11.3 Å². The van der Waals surface area contributed by atoms with Gasteiger partial charge in [-0.15, -0.1) is 11.3 Å². The van der Waals surface area contributed by atoms with Gasteiger partial charge in [-0.25, -0.2) is 4.98 Å². The van der Waals surface area contributed by atoms with Crippen LogP contribution in [0, 0.1) is 6.92 Å². The van der Waals surface area contributed by atoms with Gasteiger partial charge in [0.2, 0.25) is 0 Å². The fraction of sp³-hybridized carbons (Fsp3) is 0.417. The first kappa shape index (κ1) is 11.4. The van der Waals surface area contributed by atoms with Crippen molar-refractivity contribution in [1.29, 1.82) is 0 Å². The molecular weight excluding hydrogens is 218 g/mol. The van der Waals surface area contributed by atoms with Crippen LogP contribution < -0.4 is 5.32 Å². The fourth-order valence-corrected chi connectivity index (χ4v) is 2.65. The van der Waals surface area contributed by atoms with Crippen LogP contribution in [0.25, 0.3) is 0 Å². The van der Waals surface area contributed by atoms with Crippen molar-refractivity contribution in [3.63, 3.8) is 0 Å². The van der Waals surface area contributed by atoms with Crippen molar-refractivity contribution < 1.29 is 0 Å². The van der Waals surface area contributed by atoms with Gasteiger partial charge >= 0.3 is 0 Å². The molecule has 16 heavy (non-hydrogen) atoms. The Bertz CT molecular complexity index is 419. The second-order valence-electron chi connectivity index (χ2n) is 4.03. The van der Waals surface area contributed by atoms with E-state index >= 15 is 0 Å². The molecule has 0 bridgehead atoms. The van der Waals surface area contributed by atoms with E-state index < -0.39 is 0 Å². The van der Waals surface area contributed by atoms with E-state index in [2.05, 4.69) is 41.3 Å². The van der Waals surface area contributed by atoms with E-state index in [-0.39, 0.29) is 0 Å². The first-order valence-corrected chi connectivity index (χ1v) is 6.32. The third-order valence-corrected chi connectivity index (χ3v) is 3.50. The minimum Gasteiger partial charge on any atom is -0.348 e. The minimum absolute atomic E-state index is 0.475. The molecule has 2 aromatic rings. The summed E-state index contributed by atoms with van der Waals surface area (Å²) in [6, 6.07) is 4.87. The molecule has 86 valence electrons. The van der Waals surface area contributed by atoms with Crippen LogP contribution in [-0.4, -0.2) is 16.0 Å². The van der Waals surface area contributed by atoms with Gasteiger partial charge in [-0.1, -0.05) is 0 Å². The number of hydrogen-bond donors (Lipinski definition) is 2. The molecule has 0 fully saturated rings. The number of nitrogens with zero attached hydrogens (tertiary/aromatic N) is 1. The average molecular weight is 235 g/mol. The second-order valence-corrected chi connectivity index (χ2v) is 5.41. The summed E-state index contributed by atoms with van der Waals surface area (Å²) in [6.45, 7) is 5.16. The van der Waals surface area contributed by atoms with Crippen LogP contribution in [0.5, 0.6) is 0 Å². The van der Waals surface area contributed by atoms with Crippen molar-refractivity contribution in [2.45, 2.75) is 32.9 Å². The van der Waals surface area contributed by atoms with Crippen molar-refractivity contribution >= 4 is 11.3 Å². The predicted molar refractivity (Wildman–Crippen MR) is 67.6 cm³/mol. The molecule has 0 aliphatic heterocycles. The molecule has 0 amide bonds. The molecular formula is C12H17N3S. The summed E-state index contributed by atoms with van der Waals surface area (Å²) in [5, 5.41) is 3.46. The molecule has 1 unspecified atom stereocenters. The molecule has 4 heteroatoms. The summed E-state index contributed by atoms with van der Waals surface area (Å²) in [5.41, 5.74) is 0. The van der Waals surface area contributed by atoms with E-state index in [1.807, 2.05) is 17.5 Å². The standard InChI is InChI=1S/C12H17N3S/c1-9(7-11-4-3-10(2)16-11)15-8-12-13-5-6-14-12/h3-6,9,15H,7-8H2,1-2H3,(H,13,14). The summed E-state index contributed by atoms with van der Waals surface area (Å²) >= 11 is 1.88. The SMILES string of the molecule is Cc1ccc(CC(C)NCc2ncc[nH]2)s1. The maximum Gasteiger partial charge on any atom is 0.120 e. The van der Waals surface area contributed by atoms with Gasteiger partial charge in [0, 0.05) is 28.2 Å².